The number of H-pyrrole nitrogens is 1. The molecule has 0 unspecified atom stereocenters. The van der Waals surface area contributed by atoms with Crippen molar-refractivity contribution in [2.75, 3.05) is 0 Å². The van der Waals surface area contributed by atoms with Gasteiger partial charge >= 0.3 is 0 Å². The summed E-state index contributed by atoms with van der Waals surface area (Å²) in [6, 6.07) is 15.4. The number of pyridine rings is 1. The average molecular weight is 288 g/mol. The van der Waals surface area contributed by atoms with Gasteiger partial charge in [-0.2, -0.15) is 0 Å². The molecule has 0 amide bonds. The first-order chi connectivity index (χ1) is 10.8. The summed E-state index contributed by atoms with van der Waals surface area (Å²) in [6.45, 7) is 0. The number of hydrogen-bond acceptors (Lipinski definition) is 3. The summed E-state index contributed by atoms with van der Waals surface area (Å²) in [4.78, 5) is 23.6. The molecule has 0 aliphatic rings. The van der Waals surface area contributed by atoms with Crippen molar-refractivity contribution in [2.24, 2.45) is 0 Å². The molecule has 3 aromatic heterocycles. The summed E-state index contributed by atoms with van der Waals surface area (Å²) in [5.41, 5.74) is 2.93. The van der Waals surface area contributed by atoms with Gasteiger partial charge in [-0.05, 0) is 24.3 Å². The fourth-order valence-corrected chi connectivity index (χ4v) is 2.57. The Morgan fingerprint density at radius 1 is 0.955 bits per heavy atom. The van der Waals surface area contributed by atoms with E-state index in [0.29, 0.717) is 11.0 Å². The van der Waals surface area contributed by atoms with Crippen molar-refractivity contribution in [3.8, 4) is 16.9 Å². The maximum Gasteiger partial charge on any atom is 0.260 e. The van der Waals surface area contributed by atoms with Crippen molar-refractivity contribution < 1.29 is 0 Å². The molecule has 4 rings (SSSR count). The molecule has 106 valence electrons. The van der Waals surface area contributed by atoms with Crippen LogP contribution in [0.2, 0.25) is 0 Å². The first kappa shape index (κ1) is 12.5. The highest BCUT2D eigenvalue weighted by Gasteiger charge is 2.16. The smallest absolute Gasteiger partial charge is 0.260 e. The van der Waals surface area contributed by atoms with Crippen LogP contribution in [0.5, 0.6) is 0 Å². The van der Waals surface area contributed by atoms with E-state index in [9.17, 15) is 4.79 Å². The molecule has 5 heteroatoms. The molecular weight excluding hydrogens is 276 g/mol. The van der Waals surface area contributed by atoms with Gasteiger partial charge < -0.3 is 9.55 Å². The summed E-state index contributed by atoms with van der Waals surface area (Å²) >= 11 is 0. The van der Waals surface area contributed by atoms with Crippen molar-refractivity contribution in [2.45, 2.75) is 0 Å². The van der Waals surface area contributed by atoms with Gasteiger partial charge in [-0.1, -0.05) is 24.3 Å². The third-order valence-electron chi connectivity index (χ3n) is 3.56. The van der Waals surface area contributed by atoms with Gasteiger partial charge in [0.05, 0.1) is 17.4 Å². The Morgan fingerprint density at radius 3 is 2.55 bits per heavy atom. The highest BCUT2D eigenvalue weighted by atomic mass is 16.1. The fourth-order valence-electron chi connectivity index (χ4n) is 2.57. The number of nitrogens with zero attached hydrogens (tertiary/aromatic N) is 3. The van der Waals surface area contributed by atoms with Crippen LogP contribution in [0, 0.1) is 0 Å². The largest absolute Gasteiger partial charge is 0.312 e. The van der Waals surface area contributed by atoms with Crippen LogP contribution < -0.4 is 5.56 Å². The zero-order valence-electron chi connectivity index (χ0n) is 11.6. The van der Waals surface area contributed by atoms with Gasteiger partial charge in [0, 0.05) is 23.6 Å². The molecule has 0 atom stereocenters. The van der Waals surface area contributed by atoms with Crippen LogP contribution in [0.25, 0.3) is 28.0 Å². The Balaban J connectivity index is 2.09. The van der Waals surface area contributed by atoms with Gasteiger partial charge in [-0.15, -0.1) is 0 Å². The molecule has 0 saturated heterocycles. The van der Waals surface area contributed by atoms with Crippen molar-refractivity contribution >= 4 is 11.0 Å². The lowest BCUT2D eigenvalue weighted by molar-refractivity contribution is 1.07. The van der Waals surface area contributed by atoms with Crippen molar-refractivity contribution in [1.29, 1.82) is 0 Å². The highest BCUT2D eigenvalue weighted by Crippen LogP contribution is 2.27. The number of rotatable bonds is 2. The Morgan fingerprint density at radius 2 is 1.77 bits per heavy atom. The lowest BCUT2D eigenvalue weighted by atomic mass is 10.1. The van der Waals surface area contributed by atoms with Gasteiger partial charge in [0.2, 0.25) is 0 Å². The monoisotopic (exact) mass is 288 g/mol. The standard InChI is InChI=1S/C17H12N4O/c22-17-15-13(14-8-4-5-9-18-14)10-21(16(15)19-11-20-17)12-6-2-1-3-7-12/h1-11H,(H,19,20,22). The summed E-state index contributed by atoms with van der Waals surface area (Å²) in [5, 5.41) is 0.546. The third-order valence-corrected chi connectivity index (χ3v) is 3.56. The molecule has 0 radical (unpaired) electrons. The van der Waals surface area contributed by atoms with Crippen molar-refractivity contribution in [1.82, 2.24) is 19.5 Å². The van der Waals surface area contributed by atoms with Crippen LogP contribution in [0.3, 0.4) is 0 Å². The molecule has 22 heavy (non-hydrogen) atoms. The van der Waals surface area contributed by atoms with Crippen LogP contribution >= 0.6 is 0 Å². The minimum atomic E-state index is -0.166. The Hall–Kier alpha value is -3.21. The molecule has 1 N–H and O–H groups in total. The number of aromatic nitrogens is 4. The predicted molar refractivity (Wildman–Crippen MR) is 84.9 cm³/mol. The predicted octanol–water partition coefficient (Wildman–Crippen LogP) is 2.78. The SMILES string of the molecule is O=c1[nH]cnc2c1c(-c1ccccn1)cn2-c1ccccc1. The lowest BCUT2D eigenvalue weighted by Crippen LogP contribution is -2.07. The molecule has 1 aromatic carbocycles. The van der Waals surface area contributed by atoms with Crippen LogP contribution in [0.1, 0.15) is 0 Å². The highest BCUT2D eigenvalue weighted by molar-refractivity contribution is 5.93. The zero-order valence-corrected chi connectivity index (χ0v) is 11.6. The molecule has 0 fully saturated rings. The van der Waals surface area contributed by atoms with E-state index in [-0.39, 0.29) is 5.56 Å². The molecule has 0 aliphatic carbocycles. The minimum Gasteiger partial charge on any atom is -0.312 e. The van der Waals surface area contributed by atoms with E-state index >= 15 is 0 Å². The van der Waals surface area contributed by atoms with E-state index in [2.05, 4.69) is 15.0 Å². The molecule has 0 spiro atoms. The first-order valence-electron chi connectivity index (χ1n) is 6.90. The van der Waals surface area contributed by atoms with E-state index in [1.54, 1.807) is 6.20 Å². The normalized spacial score (nSPS) is 10.9. The second kappa shape index (κ2) is 4.96. The van der Waals surface area contributed by atoms with E-state index < -0.39 is 0 Å². The average Bonchev–Trinajstić information content (AvgIpc) is 2.98. The van der Waals surface area contributed by atoms with Gasteiger partial charge in [0.1, 0.15) is 0 Å². The second-order valence-electron chi connectivity index (χ2n) is 4.89. The van der Waals surface area contributed by atoms with Crippen LogP contribution in [-0.4, -0.2) is 19.5 Å². The zero-order chi connectivity index (χ0) is 14.9. The van der Waals surface area contributed by atoms with Crippen molar-refractivity contribution in [3.63, 3.8) is 0 Å². The number of para-hydroxylation sites is 1. The summed E-state index contributed by atoms with van der Waals surface area (Å²) < 4.78 is 1.91. The van der Waals surface area contributed by atoms with Gasteiger partial charge in [0.25, 0.3) is 5.56 Å². The Kier molecular flexibility index (Phi) is 2.83. The maximum absolute atomic E-state index is 12.3. The van der Waals surface area contributed by atoms with E-state index in [1.807, 2.05) is 59.3 Å². The molecule has 5 nitrogen and oxygen atoms in total. The van der Waals surface area contributed by atoms with Gasteiger partial charge in [-0.25, -0.2) is 4.98 Å². The van der Waals surface area contributed by atoms with Crippen LogP contribution in [-0.2, 0) is 0 Å². The number of aromatic amines is 1. The van der Waals surface area contributed by atoms with Crippen LogP contribution in [0.4, 0.5) is 0 Å². The molecule has 0 saturated carbocycles. The Labute approximate surface area is 125 Å². The number of hydrogen-bond donors (Lipinski definition) is 1. The van der Waals surface area contributed by atoms with Crippen LogP contribution in [0.15, 0.2) is 72.0 Å². The fraction of sp³-hybridized carbons (Fsp3) is 0. The Bertz CT molecular complexity index is 988. The summed E-state index contributed by atoms with van der Waals surface area (Å²) in [5.74, 6) is 0. The topological polar surface area (TPSA) is 63.6 Å². The van der Waals surface area contributed by atoms with Gasteiger partial charge in [0.15, 0.2) is 5.65 Å². The second-order valence-corrected chi connectivity index (χ2v) is 4.89. The minimum absolute atomic E-state index is 0.166. The summed E-state index contributed by atoms with van der Waals surface area (Å²) in [7, 11) is 0. The van der Waals surface area contributed by atoms with E-state index in [1.165, 1.54) is 6.33 Å². The quantitative estimate of drug-likeness (QED) is 0.617. The molecule has 3 heterocycles. The molecule has 0 bridgehead atoms. The first-order valence-corrected chi connectivity index (χ1v) is 6.90. The molecule has 4 aromatic rings. The lowest BCUT2D eigenvalue weighted by Gasteiger charge is -2.02. The molecular formula is C17H12N4O. The maximum atomic E-state index is 12.3. The third kappa shape index (κ3) is 1.91. The van der Waals surface area contributed by atoms with Gasteiger partial charge in [-0.3, -0.25) is 9.78 Å². The number of fused-ring (bicyclic) bond motifs is 1. The summed E-state index contributed by atoms with van der Waals surface area (Å²) in [6.07, 6.45) is 5.04. The van der Waals surface area contributed by atoms with E-state index in [4.69, 9.17) is 0 Å². The van der Waals surface area contributed by atoms with Crippen molar-refractivity contribution in [3.05, 3.63) is 77.6 Å². The molecule has 0 aliphatic heterocycles. The number of benzene rings is 1. The van der Waals surface area contributed by atoms with E-state index in [0.717, 1.165) is 16.9 Å². The number of nitrogens with one attached hydrogen (secondary N) is 1.